The Bertz CT molecular complexity index is 1040. The summed E-state index contributed by atoms with van der Waals surface area (Å²) in [5.41, 5.74) is 8.85. The Morgan fingerprint density at radius 1 is 1.04 bits per heavy atom. The molecule has 144 valence electrons. The number of carbonyl (C=O) groups is 2. The Morgan fingerprint density at radius 3 is 2.50 bits per heavy atom. The molecule has 8 nitrogen and oxygen atoms in total. The van der Waals surface area contributed by atoms with E-state index in [1.54, 1.807) is 12.4 Å². The number of carbonyl (C=O) groups excluding carboxylic acids is 2. The van der Waals surface area contributed by atoms with E-state index >= 15 is 0 Å². The topological polar surface area (TPSA) is 108 Å². The molecule has 0 radical (unpaired) electrons. The zero-order chi connectivity index (χ0) is 19.7. The Labute approximate surface area is 161 Å². The lowest BCUT2D eigenvalue weighted by atomic mass is 10.2. The number of imidazole rings is 1. The number of rotatable bonds is 5. The standard InChI is InChI=1S/C20H21N5O3/c21-19(26)12-23-6-8-24(9-7-23)15-2-1-3-16(11-15)25-13-22-17-10-14(20(27)28)4-5-18(17)25/h1-5,10-11,13H,6-9,12H2,(H2,21,26)(H,27,28)/p-1. The number of carboxylic acids is 1. The zero-order valence-corrected chi connectivity index (χ0v) is 15.2. The molecule has 2 aromatic carbocycles. The Morgan fingerprint density at radius 2 is 1.79 bits per heavy atom. The molecule has 1 saturated heterocycles. The summed E-state index contributed by atoms with van der Waals surface area (Å²) < 4.78 is 1.93. The Hall–Kier alpha value is -3.39. The number of benzene rings is 2. The number of aromatic nitrogens is 2. The van der Waals surface area contributed by atoms with E-state index in [4.69, 9.17) is 5.73 Å². The second-order valence-corrected chi connectivity index (χ2v) is 6.85. The first-order chi connectivity index (χ1) is 13.5. The average molecular weight is 378 g/mol. The summed E-state index contributed by atoms with van der Waals surface area (Å²) in [6.45, 7) is 3.50. The van der Waals surface area contributed by atoms with E-state index < -0.39 is 5.97 Å². The van der Waals surface area contributed by atoms with Crippen molar-refractivity contribution >= 4 is 28.6 Å². The van der Waals surface area contributed by atoms with Gasteiger partial charge in [0.05, 0.1) is 23.5 Å². The van der Waals surface area contributed by atoms with Gasteiger partial charge < -0.3 is 20.5 Å². The molecule has 0 aliphatic carbocycles. The lowest BCUT2D eigenvalue weighted by molar-refractivity contribution is -0.255. The van der Waals surface area contributed by atoms with Gasteiger partial charge in [0.1, 0.15) is 6.33 Å². The fourth-order valence-corrected chi connectivity index (χ4v) is 3.57. The average Bonchev–Trinajstić information content (AvgIpc) is 3.11. The predicted molar refractivity (Wildman–Crippen MR) is 103 cm³/mol. The van der Waals surface area contributed by atoms with E-state index in [1.807, 2.05) is 16.7 Å². The number of primary amides is 1. The van der Waals surface area contributed by atoms with Gasteiger partial charge in [0, 0.05) is 37.6 Å². The van der Waals surface area contributed by atoms with Crippen LogP contribution >= 0.6 is 0 Å². The first kappa shape index (κ1) is 18.0. The smallest absolute Gasteiger partial charge is 0.231 e. The van der Waals surface area contributed by atoms with Crippen molar-refractivity contribution in [2.24, 2.45) is 5.73 Å². The zero-order valence-electron chi connectivity index (χ0n) is 15.2. The molecule has 8 heteroatoms. The normalized spacial score (nSPS) is 15.1. The number of nitrogens with two attached hydrogens (primary N) is 1. The first-order valence-electron chi connectivity index (χ1n) is 9.06. The van der Waals surface area contributed by atoms with Crippen LogP contribution in [-0.2, 0) is 4.79 Å². The first-order valence-corrected chi connectivity index (χ1v) is 9.06. The summed E-state index contributed by atoms with van der Waals surface area (Å²) >= 11 is 0. The van der Waals surface area contributed by atoms with Gasteiger partial charge in [-0.2, -0.15) is 0 Å². The van der Waals surface area contributed by atoms with Gasteiger partial charge in [-0.25, -0.2) is 4.98 Å². The monoisotopic (exact) mass is 378 g/mol. The highest BCUT2D eigenvalue weighted by atomic mass is 16.4. The SMILES string of the molecule is NC(=O)CN1CCN(c2cccc(-n3cnc4cc(C(=O)[O-])ccc43)c2)CC1. The fourth-order valence-electron chi connectivity index (χ4n) is 3.57. The van der Waals surface area contributed by atoms with Gasteiger partial charge in [0.2, 0.25) is 5.91 Å². The van der Waals surface area contributed by atoms with Crippen LogP contribution in [-0.4, -0.2) is 59.1 Å². The van der Waals surface area contributed by atoms with Gasteiger partial charge in [-0.1, -0.05) is 12.1 Å². The molecule has 1 aliphatic heterocycles. The summed E-state index contributed by atoms with van der Waals surface area (Å²) in [4.78, 5) is 30.8. The Kier molecular flexibility index (Phi) is 4.70. The van der Waals surface area contributed by atoms with Crippen molar-refractivity contribution in [3.8, 4) is 5.69 Å². The third kappa shape index (κ3) is 3.54. The van der Waals surface area contributed by atoms with Crippen LogP contribution in [0.25, 0.3) is 16.7 Å². The quantitative estimate of drug-likeness (QED) is 0.669. The lowest BCUT2D eigenvalue weighted by Crippen LogP contribution is -2.48. The van der Waals surface area contributed by atoms with Crippen molar-refractivity contribution < 1.29 is 14.7 Å². The molecule has 0 bridgehead atoms. The van der Waals surface area contributed by atoms with E-state index in [0.717, 1.165) is 43.1 Å². The van der Waals surface area contributed by atoms with Gasteiger partial charge in [-0.15, -0.1) is 0 Å². The number of amides is 1. The molecule has 0 spiro atoms. The van der Waals surface area contributed by atoms with Gasteiger partial charge in [0.25, 0.3) is 0 Å². The van der Waals surface area contributed by atoms with Crippen LogP contribution in [0.3, 0.4) is 0 Å². The maximum absolute atomic E-state index is 11.1. The largest absolute Gasteiger partial charge is 0.545 e. The van der Waals surface area contributed by atoms with Crippen LogP contribution < -0.4 is 15.7 Å². The minimum atomic E-state index is -1.21. The third-order valence-electron chi connectivity index (χ3n) is 5.01. The van der Waals surface area contributed by atoms with E-state index in [9.17, 15) is 14.7 Å². The number of aromatic carboxylic acids is 1. The van der Waals surface area contributed by atoms with Crippen molar-refractivity contribution in [2.75, 3.05) is 37.6 Å². The second kappa shape index (κ2) is 7.32. The summed E-state index contributed by atoms with van der Waals surface area (Å²) in [6.07, 6.45) is 1.69. The van der Waals surface area contributed by atoms with Crippen molar-refractivity contribution in [2.45, 2.75) is 0 Å². The molecule has 1 aliphatic rings. The number of piperazine rings is 1. The molecule has 1 fully saturated rings. The summed E-state index contributed by atoms with van der Waals surface area (Å²) in [5.74, 6) is -1.52. The molecule has 0 unspecified atom stereocenters. The van der Waals surface area contributed by atoms with E-state index in [-0.39, 0.29) is 11.5 Å². The minimum absolute atomic E-state index is 0.111. The second-order valence-electron chi connectivity index (χ2n) is 6.85. The van der Waals surface area contributed by atoms with Crippen LogP contribution in [0.15, 0.2) is 48.8 Å². The Balaban J connectivity index is 1.57. The van der Waals surface area contributed by atoms with Crippen molar-refractivity contribution in [1.82, 2.24) is 14.5 Å². The van der Waals surface area contributed by atoms with E-state index in [1.165, 1.54) is 12.1 Å². The molecular formula is C20H20N5O3-. The summed E-state index contributed by atoms with van der Waals surface area (Å²) in [6, 6.07) is 12.9. The number of hydrogen-bond donors (Lipinski definition) is 1. The molecular weight excluding hydrogens is 358 g/mol. The van der Waals surface area contributed by atoms with Crippen LogP contribution in [0.5, 0.6) is 0 Å². The van der Waals surface area contributed by atoms with Gasteiger partial charge in [0.15, 0.2) is 0 Å². The third-order valence-corrected chi connectivity index (χ3v) is 5.01. The van der Waals surface area contributed by atoms with Gasteiger partial charge in [-0.05, 0) is 35.9 Å². The van der Waals surface area contributed by atoms with Crippen LogP contribution in [0.4, 0.5) is 5.69 Å². The molecule has 4 rings (SSSR count). The highest BCUT2D eigenvalue weighted by Crippen LogP contribution is 2.24. The van der Waals surface area contributed by atoms with Crippen LogP contribution in [0.2, 0.25) is 0 Å². The van der Waals surface area contributed by atoms with Crippen molar-refractivity contribution in [3.05, 3.63) is 54.4 Å². The molecule has 1 amide bonds. The molecule has 0 atom stereocenters. The molecule has 28 heavy (non-hydrogen) atoms. The van der Waals surface area contributed by atoms with Crippen molar-refractivity contribution in [3.63, 3.8) is 0 Å². The molecule has 0 saturated carbocycles. The number of nitrogens with zero attached hydrogens (tertiary/aromatic N) is 4. The van der Waals surface area contributed by atoms with Gasteiger partial charge >= 0.3 is 0 Å². The minimum Gasteiger partial charge on any atom is -0.545 e. The van der Waals surface area contributed by atoms with Crippen molar-refractivity contribution in [1.29, 1.82) is 0 Å². The van der Waals surface area contributed by atoms with Gasteiger partial charge in [-0.3, -0.25) is 14.3 Å². The van der Waals surface area contributed by atoms with Crippen LogP contribution in [0, 0.1) is 0 Å². The number of fused-ring (bicyclic) bond motifs is 1. The predicted octanol–water partition coefficient (Wildman–Crippen LogP) is -0.00370. The summed E-state index contributed by atoms with van der Waals surface area (Å²) in [7, 11) is 0. The molecule has 2 N–H and O–H groups in total. The molecule has 2 heterocycles. The van der Waals surface area contributed by atoms with E-state index in [2.05, 4.69) is 26.9 Å². The maximum atomic E-state index is 11.1. The summed E-state index contributed by atoms with van der Waals surface area (Å²) in [5, 5.41) is 11.0. The highest BCUT2D eigenvalue weighted by molar-refractivity contribution is 5.91. The molecule has 3 aromatic rings. The molecule has 1 aromatic heterocycles. The number of anilines is 1. The number of carboxylic acid groups (broad SMARTS) is 1. The maximum Gasteiger partial charge on any atom is 0.231 e. The fraction of sp³-hybridized carbons (Fsp3) is 0.250. The number of hydrogen-bond acceptors (Lipinski definition) is 6. The lowest BCUT2D eigenvalue weighted by Gasteiger charge is -2.35. The van der Waals surface area contributed by atoms with E-state index in [0.29, 0.717) is 12.1 Å². The van der Waals surface area contributed by atoms with Crippen LogP contribution in [0.1, 0.15) is 10.4 Å². The highest BCUT2D eigenvalue weighted by Gasteiger charge is 2.18.